The first-order valence-electron chi connectivity index (χ1n) is 5.52. The normalized spacial score (nSPS) is 10.7. The number of aromatic amines is 2. The molecule has 0 saturated carbocycles. The molecule has 1 amide bonds. The monoisotopic (exact) mass is 241 g/mol. The van der Waals surface area contributed by atoms with Crippen LogP contribution >= 0.6 is 0 Å². The maximum absolute atomic E-state index is 11.9. The van der Waals surface area contributed by atoms with Gasteiger partial charge in [0.05, 0.1) is 29.6 Å². The van der Waals surface area contributed by atoms with E-state index in [4.69, 9.17) is 0 Å². The van der Waals surface area contributed by atoms with Gasteiger partial charge in [0.25, 0.3) is 5.91 Å². The first-order valence-corrected chi connectivity index (χ1v) is 5.52. The minimum atomic E-state index is -0.124. The predicted octanol–water partition coefficient (Wildman–Crippen LogP) is 1.22. The van der Waals surface area contributed by atoms with Gasteiger partial charge in [-0.05, 0) is 24.3 Å². The fourth-order valence-corrected chi connectivity index (χ4v) is 1.74. The highest BCUT2D eigenvalue weighted by Gasteiger charge is 2.07. The van der Waals surface area contributed by atoms with E-state index in [1.807, 2.05) is 12.1 Å². The predicted molar refractivity (Wildman–Crippen MR) is 65.9 cm³/mol. The van der Waals surface area contributed by atoms with Gasteiger partial charge >= 0.3 is 0 Å². The summed E-state index contributed by atoms with van der Waals surface area (Å²) in [5.74, 6) is -0.124. The highest BCUT2D eigenvalue weighted by molar-refractivity contribution is 5.97. The smallest absolute Gasteiger partial charge is 0.251 e. The van der Waals surface area contributed by atoms with Crippen molar-refractivity contribution in [1.82, 2.24) is 25.5 Å². The van der Waals surface area contributed by atoms with Gasteiger partial charge in [0.2, 0.25) is 0 Å². The van der Waals surface area contributed by atoms with Crippen molar-refractivity contribution in [2.75, 3.05) is 0 Å². The zero-order valence-corrected chi connectivity index (χ0v) is 9.47. The van der Waals surface area contributed by atoms with E-state index in [0.29, 0.717) is 12.1 Å². The number of carbonyl (C=O) groups is 1. The maximum atomic E-state index is 11.9. The van der Waals surface area contributed by atoms with Crippen molar-refractivity contribution in [2.24, 2.45) is 0 Å². The van der Waals surface area contributed by atoms with Crippen molar-refractivity contribution in [1.29, 1.82) is 0 Å². The minimum Gasteiger partial charge on any atom is -0.346 e. The molecule has 0 atom stereocenters. The molecular formula is C12H11N5O. The van der Waals surface area contributed by atoms with Gasteiger partial charge in [0, 0.05) is 11.8 Å². The quantitative estimate of drug-likeness (QED) is 0.644. The van der Waals surface area contributed by atoms with Crippen LogP contribution in [0.1, 0.15) is 16.1 Å². The van der Waals surface area contributed by atoms with Gasteiger partial charge in [-0.1, -0.05) is 0 Å². The molecule has 0 unspecified atom stereocenters. The van der Waals surface area contributed by atoms with Crippen LogP contribution in [0, 0.1) is 0 Å². The third-order valence-corrected chi connectivity index (χ3v) is 2.68. The standard InChI is InChI=1S/C12H11N5O/c18-12(13-6-9-3-4-16-17-9)8-1-2-10-11(5-8)15-7-14-10/h1-5,7H,6H2,(H,13,18)(H,14,15)(H,16,17). The molecule has 3 rings (SSSR count). The molecule has 0 aliphatic heterocycles. The Bertz CT molecular complexity index is 671. The van der Waals surface area contributed by atoms with Crippen LogP contribution in [0.15, 0.2) is 36.8 Å². The van der Waals surface area contributed by atoms with Gasteiger partial charge < -0.3 is 10.3 Å². The number of fused-ring (bicyclic) bond motifs is 1. The summed E-state index contributed by atoms with van der Waals surface area (Å²) in [4.78, 5) is 19.0. The maximum Gasteiger partial charge on any atom is 0.251 e. The van der Waals surface area contributed by atoms with Crippen molar-refractivity contribution in [3.63, 3.8) is 0 Å². The van der Waals surface area contributed by atoms with Crippen LogP contribution in [0.4, 0.5) is 0 Å². The lowest BCUT2D eigenvalue weighted by Crippen LogP contribution is -2.22. The van der Waals surface area contributed by atoms with E-state index < -0.39 is 0 Å². The summed E-state index contributed by atoms with van der Waals surface area (Å²) in [5, 5.41) is 9.42. The van der Waals surface area contributed by atoms with Crippen LogP contribution in [0.25, 0.3) is 11.0 Å². The molecular weight excluding hydrogens is 230 g/mol. The Morgan fingerprint density at radius 3 is 3.11 bits per heavy atom. The Morgan fingerprint density at radius 2 is 2.28 bits per heavy atom. The third-order valence-electron chi connectivity index (χ3n) is 2.68. The number of imidazole rings is 1. The van der Waals surface area contributed by atoms with Crippen molar-refractivity contribution in [3.05, 3.63) is 48.0 Å². The fourth-order valence-electron chi connectivity index (χ4n) is 1.74. The molecule has 0 radical (unpaired) electrons. The summed E-state index contributed by atoms with van der Waals surface area (Å²) in [5.41, 5.74) is 3.17. The SMILES string of the molecule is O=C(NCc1ccn[nH]1)c1ccc2nc[nH]c2c1. The average Bonchev–Trinajstić information content (AvgIpc) is 3.05. The highest BCUT2D eigenvalue weighted by Crippen LogP contribution is 2.11. The van der Waals surface area contributed by atoms with Gasteiger partial charge in [0.15, 0.2) is 0 Å². The van der Waals surface area contributed by atoms with Gasteiger partial charge in [-0.2, -0.15) is 5.10 Å². The number of hydrogen-bond donors (Lipinski definition) is 3. The molecule has 0 aliphatic rings. The van der Waals surface area contributed by atoms with Crippen molar-refractivity contribution in [2.45, 2.75) is 6.54 Å². The number of rotatable bonds is 3. The summed E-state index contributed by atoms with van der Waals surface area (Å²) < 4.78 is 0. The van der Waals surface area contributed by atoms with Gasteiger partial charge in [-0.15, -0.1) is 0 Å². The number of aromatic nitrogens is 4. The van der Waals surface area contributed by atoms with E-state index in [2.05, 4.69) is 25.5 Å². The van der Waals surface area contributed by atoms with E-state index in [1.54, 1.807) is 24.7 Å². The van der Waals surface area contributed by atoms with E-state index in [1.165, 1.54) is 0 Å². The molecule has 2 aromatic heterocycles. The summed E-state index contributed by atoms with van der Waals surface area (Å²) in [6.07, 6.45) is 3.26. The van der Waals surface area contributed by atoms with Crippen LogP contribution in [0.5, 0.6) is 0 Å². The third kappa shape index (κ3) is 1.95. The summed E-state index contributed by atoms with van der Waals surface area (Å²) in [7, 11) is 0. The second-order valence-electron chi connectivity index (χ2n) is 3.90. The highest BCUT2D eigenvalue weighted by atomic mass is 16.1. The minimum absolute atomic E-state index is 0.124. The molecule has 2 heterocycles. The first kappa shape index (κ1) is 10.5. The zero-order chi connectivity index (χ0) is 12.4. The van der Waals surface area contributed by atoms with Gasteiger partial charge in [-0.3, -0.25) is 9.89 Å². The zero-order valence-electron chi connectivity index (χ0n) is 9.47. The van der Waals surface area contributed by atoms with Crippen molar-refractivity contribution in [3.8, 4) is 0 Å². The summed E-state index contributed by atoms with van der Waals surface area (Å²) in [6, 6.07) is 7.17. The molecule has 0 fully saturated rings. The molecule has 0 spiro atoms. The van der Waals surface area contributed by atoms with E-state index >= 15 is 0 Å². The molecule has 3 aromatic rings. The number of nitrogens with one attached hydrogen (secondary N) is 3. The second kappa shape index (κ2) is 4.33. The van der Waals surface area contributed by atoms with Crippen LogP contribution in [0.2, 0.25) is 0 Å². The fraction of sp³-hybridized carbons (Fsp3) is 0.0833. The summed E-state index contributed by atoms with van der Waals surface area (Å²) >= 11 is 0. The molecule has 0 bridgehead atoms. The van der Waals surface area contributed by atoms with Gasteiger partial charge in [-0.25, -0.2) is 4.98 Å². The number of amides is 1. The number of benzene rings is 1. The first-order chi connectivity index (χ1) is 8.83. The Labute approximate surface area is 102 Å². The molecule has 90 valence electrons. The average molecular weight is 241 g/mol. The van der Waals surface area contributed by atoms with Crippen LogP contribution in [0.3, 0.4) is 0 Å². The molecule has 6 heteroatoms. The Hall–Kier alpha value is -2.63. The Balaban J connectivity index is 1.75. The topological polar surface area (TPSA) is 86.5 Å². The van der Waals surface area contributed by atoms with Crippen molar-refractivity contribution < 1.29 is 4.79 Å². The summed E-state index contributed by atoms with van der Waals surface area (Å²) in [6.45, 7) is 0.430. The lowest BCUT2D eigenvalue weighted by atomic mass is 10.2. The van der Waals surface area contributed by atoms with Crippen LogP contribution < -0.4 is 5.32 Å². The van der Waals surface area contributed by atoms with E-state index in [9.17, 15) is 4.79 Å². The van der Waals surface area contributed by atoms with E-state index in [-0.39, 0.29) is 5.91 Å². The number of carbonyl (C=O) groups excluding carboxylic acids is 1. The number of hydrogen-bond acceptors (Lipinski definition) is 3. The Kier molecular flexibility index (Phi) is 2.53. The Morgan fingerprint density at radius 1 is 1.33 bits per heavy atom. The largest absolute Gasteiger partial charge is 0.346 e. The molecule has 0 saturated heterocycles. The molecule has 6 nitrogen and oxygen atoms in total. The molecule has 0 aliphatic carbocycles. The number of nitrogens with zero attached hydrogens (tertiary/aromatic N) is 2. The van der Waals surface area contributed by atoms with Crippen molar-refractivity contribution >= 4 is 16.9 Å². The van der Waals surface area contributed by atoms with Crippen LogP contribution in [-0.4, -0.2) is 26.1 Å². The molecule has 3 N–H and O–H groups in total. The lowest BCUT2D eigenvalue weighted by molar-refractivity contribution is 0.0950. The number of H-pyrrole nitrogens is 2. The van der Waals surface area contributed by atoms with Gasteiger partial charge in [0.1, 0.15) is 0 Å². The molecule has 1 aromatic carbocycles. The van der Waals surface area contributed by atoms with Crippen LogP contribution in [-0.2, 0) is 6.54 Å². The molecule has 18 heavy (non-hydrogen) atoms. The lowest BCUT2D eigenvalue weighted by Gasteiger charge is -2.03. The van der Waals surface area contributed by atoms with E-state index in [0.717, 1.165) is 16.7 Å². The second-order valence-corrected chi connectivity index (χ2v) is 3.90.